The third-order valence-electron chi connectivity index (χ3n) is 2.64. The highest BCUT2D eigenvalue weighted by molar-refractivity contribution is 6.62. The van der Waals surface area contributed by atoms with E-state index in [9.17, 15) is 4.39 Å². The molecule has 3 nitrogen and oxygen atoms in total. The first-order chi connectivity index (χ1) is 8.02. The molecular formula is C12H13BFNO2. The summed E-state index contributed by atoms with van der Waals surface area (Å²) in [5, 5.41) is 8.96. The molecule has 0 bridgehead atoms. The summed E-state index contributed by atoms with van der Waals surface area (Å²) in [4.78, 5) is 0. The van der Waals surface area contributed by atoms with Crippen LogP contribution in [0.1, 0.15) is 19.4 Å². The lowest BCUT2D eigenvalue weighted by atomic mass is 9.73. The molecule has 0 atom stereocenters. The molecule has 0 aliphatic carbocycles. The van der Waals surface area contributed by atoms with Crippen LogP contribution in [-0.4, -0.2) is 20.3 Å². The lowest BCUT2D eigenvalue weighted by Crippen LogP contribution is -2.48. The Morgan fingerprint density at radius 1 is 1.35 bits per heavy atom. The lowest BCUT2D eigenvalue weighted by Gasteiger charge is -2.33. The number of halogens is 1. The Hall–Kier alpha value is -1.38. The zero-order valence-corrected chi connectivity index (χ0v) is 9.87. The fourth-order valence-corrected chi connectivity index (χ4v) is 1.70. The van der Waals surface area contributed by atoms with Gasteiger partial charge in [-0.15, -0.1) is 0 Å². The highest BCUT2D eigenvalue weighted by atomic mass is 19.1. The van der Waals surface area contributed by atoms with E-state index in [2.05, 4.69) is 0 Å². The van der Waals surface area contributed by atoms with E-state index in [1.165, 1.54) is 18.2 Å². The zero-order valence-electron chi connectivity index (χ0n) is 9.87. The quantitative estimate of drug-likeness (QED) is 0.689. The summed E-state index contributed by atoms with van der Waals surface area (Å²) in [7, 11) is -0.645. The van der Waals surface area contributed by atoms with Crippen molar-refractivity contribution in [3.8, 4) is 6.07 Å². The number of nitrogens with zero attached hydrogens (tertiary/aromatic N) is 1. The molecule has 1 aliphatic rings. The van der Waals surface area contributed by atoms with Gasteiger partial charge in [0.05, 0.1) is 11.6 Å². The van der Waals surface area contributed by atoms with E-state index in [0.717, 1.165) is 0 Å². The van der Waals surface area contributed by atoms with Crippen molar-refractivity contribution < 1.29 is 13.7 Å². The van der Waals surface area contributed by atoms with Crippen molar-refractivity contribution in [3.05, 3.63) is 29.6 Å². The van der Waals surface area contributed by atoms with E-state index >= 15 is 0 Å². The second-order valence-electron chi connectivity index (χ2n) is 4.96. The molecule has 0 amide bonds. The fourth-order valence-electron chi connectivity index (χ4n) is 1.70. The van der Waals surface area contributed by atoms with Crippen molar-refractivity contribution in [2.45, 2.75) is 13.8 Å². The maximum absolute atomic E-state index is 13.2. The van der Waals surface area contributed by atoms with Crippen LogP contribution in [0.2, 0.25) is 0 Å². The molecule has 1 heterocycles. The predicted octanol–water partition coefficient (Wildman–Crippen LogP) is 1.47. The van der Waals surface area contributed by atoms with Crippen molar-refractivity contribution in [2.24, 2.45) is 5.41 Å². The molecule has 17 heavy (non-hydrogen) atoms. The van der Waals surface area contributed by atoms with Gasteiger partial charge in [0, 0.05) is 24.1 Å². The normalized spacial score (nSPS) is 18.8. The molecule has 1 aliphatic heterocycles. The highest BCUT2D eigenvalue weighted by Gasteiger charge is 2.34. The van der Waals surface area contributed by atoms with Crippen LogP contribution in [0.4, 0.5) is 4.39 Å². The summed E-state index contributed by atoms with van der Waals surface area (Å²) in [6, 6.07) is 6.01. The molecule has 0 aromatic heterocycles. The predicted molar refractivity (Wildman–Crippen MR) is 62.2 cm³/mol. The number of nitriles is 1. The SMILES string of the molecule is CC1(C)COB(c2cc(F)ccc2C#N)OC1. The minimum atomic E-state index is -0.645. The first-order valence-corrected chi connectivity index (χ1v) is 5.45. The molecule has 0 saturated carbocycles. The summed E-state index contributed by atoms with van der Waals surface area (Å²) in [5.41, 5.74) is 0.801. The molecule has 2 rings (SSSR count). The summed E-state index contributed by atoms with van der Waals surface area (Å²) >= 11 is 0. The number of rotatable bonds is 1. The van der Waals surface area contributed by atoms with Gasteiger partial charge in [-0.2, -0.15) is 5.26 Å². The molecule has 5 heteroatoms. The Kier molecular flexibility index (Phi) is 3.18. The molecule has 88 valence electrons. The minimum Gasteiger partial charge on any atom is -0.407 e. The second kappa shape index (κ2) is 4.48. The number of hydrogen-bond donors (Lipinski definition) is 0. The molecule has 1 saturated heterocycles. The van der Waals surface area contributed by atoms with Gasteiger partial charge in [0.25, 0.3) is 0 Å². The lowest BCUT2D eigenvalue weighted by molar-refractivity contribution is 0.0342. The van der Waals surface area contributed by atoms with Crippen LogP contribution in [0.5, 0.6) is 0 Å². The average molecular weight is 233 g/mol. The fraction of sp³-hybridized carbons (Fsp3) is 0.417. The van der Waals surface area contributed by atoms with Crippen LogP contribution in [0.3, 0.4) is 0 Å². The maximum atomic E-state index is 13.2. The molecule has 0 unspecified atom stereocenters. The first kappa shape index (κ1) is 12.1. The Morgan fingerprint density at radius 2 is 2.00 bits per heavy atom. The average Bonchev–Trinajstić information content (AvgIpc) is 2.29. The number of benzene rings is 1. The van der Waals surface area contributed by atoms with E-state index in [4.69, 9.17) is 14.6 Å². The second-order valence-corrected chi connectivity index (χ2v) is 4.96. The van der Waals surface area contributed by atoms with Gasteiger partial charge in [-0.3, -0.25) is 0 Å². The maximum Gasteiger partial charge on any atom is 0.495 e. The third-order valence-corrected chi connectivity index (χ3v) is 2.64. The summed E-state index contributed by atoms with van der Waals surface area (Å²) in [5.74, 6) is -0.393. The smallest absolute Gasteiger partial charge is 0.407 e. The van der Waals surface area contributed by atoms with Crippen LogP contribution >= 0.6 is 0 Å². The Morgan fingerprint density at radius 3 is 2.59 bits per heavy atom. The van der Waals surface area contributed by atoms with Gasteiger partial charge in [-0.1, -0.05) is 13.8 Å². The Labute approximate surface area is 100 Å². The van der Waals surface area contributed by atoms with Crippen LogP contribution < -0.4 is 5.46 Å². The van der Waals surface area contributed by atoms with Gasteiger partial charge in [0.1, 0.15) is 5.82 Å². The van der Waals surface area contributed by atoms with Crippen molar-refractivity contribution in [1.82, 2.24) is 0 Å². The minimum absolute atomic E-state index is 0.0450. The van der Waals surface area contributed by atoms with Gasteiger partial charge in [-0.25, -0.2) is 4.39 Å². The number of hydrogen-bond acceptors (Lipinski definition) is 3. The van der Waals surface area contributed by atoms with E-state index < -0.39 is 12.9 Å². The van der Waals surface area contributed by atoms with Gasteiger partial charge >= 0.3 is 7.12 Å². The molecule has 0 radical (unpaired) electrons. The van der Waals surface area contributed by atoms with Crippen molar-refractivity contribution in [3.63, 3.8) is 0 Å². The van der Waals surface area contributed by atoms with Crippen LogP contribution in [-0.2, 0) is 9.31 Å². The summed E-state index contributed by atoms with van der Waals surface area (Å²) in [6.45, 7) is 5.11. The van der Waals surface area contributed by atoms with E-state index in [-0.39, 0.29) is 5.41 Å². The molecule has 0 N–H and O–H groups in total. The first-order valence-electron chi connectivity index (χ1n) is 5.45. The molecule has 1 aromatic rings. The highest BCUT2D eigenvalue weighted by Crippen LogP contribution is 2.21. The van der Waals surface area contributed by atoms with Crippen LogP contribution in [0.15, 0.2) is 18.2 Å². The van der Waals surface area contributed by atoms with Crippen molar-refractivity contribution >= 4 is 12.6 Å². The molecule has 1 fully saturated rings. The van der Waals surface area contributed by atoms with Gasteiger partial charge in [0.15, 0.2) is 0 Å². The third kappa shape index (κ3) is 2.66. The van der Waals surface area contributed by atoms with E-state index in [1.807, 2.05) is 19.9 Å². The van der Waals surface area contributed by atoms with Crippen LogP contribution in [0, 0.1) is 22.6 Å². The van der Waals surface area contributed by atoms with Crippen molar-refractivity contribution in [1.29, 1.82) is 5.26 Å². The Balaban J connectivity index is 2.24. The molecule has 1 aromatic carbocycles. The Bertz CT molecular complexity index is 460. The summed E-state index contributed by atoms with van der Waals surface area (Å²) < 4.78 is 24.2. The van der Waals surface area contributed by atoms with Gasteiger partial charge < -0.3 is 9.31 Å². The van der Waals surface area contributed by atoms with Crippen LogP contribution in [0.25, 0.3) is 0 Å². The van der Waals surface area contributed by atoms with E-state index in [1.54, 1.807) is 0 Å². The van der Waals surface area contributed by atoms with Gasteiger partial charge in [0.2, 0.25) is 0 Å². The monoisotopic (exact) mass is 233 g/mol. The summed E-state index contributed by atoms with van der Waals surface area (Å²) in [6.07, 6.45) is 0. The topological polar surface area (TPSA) is 42.2 Å². The molecule has 0 spiro atoms. The standard InChI is InChI=1S/C12H13BFNO2/c1-12(2)7-16-13(17-8-12)11-5-10(14)4-3-9(11)6-15/h3-5H,7-8H2,1-2H3. The van der Waals surface area contributed by atoms with Gasteiger partial charge in [-0.05, 0) is 18.2 Å². The zero-order chi connectivity index (χ0) is 12.5. The van der Waals surface area contributed by atoms with Crippen molar-refractivity contribution in [2.75, 3.05) is 13.2 Å². The van der Waals surface area contributed by atoms with E-state index in [0.29, 0.717) is 24.2 Å². The largest absolute Gasteiger partial charge is 0.495 e. The molecular weight excluding hydrogens is 220 g/mol.